The van der Waals surface area contributed by atoms with E-state index in [1.807, 2.05) is 23.1 Å². The molecule has 9 nitrogen and oxygen atoms in total. The molecule has 2 N–H and O–H groups in total. The smallest absolute Gasteiger partial charge is 0.380 e. The van der Waals surface area contributed by atoms with Gasteiger partial charge in [0.25, 0.3) is 5.91 Å². The Morgan fingerprint density at radius 1 is 1.20 bits per heavy atom. The SMILES string of the molecule is CCOC(=O)C(F)(F)[C@]1(O)/C=C\C[C@H](C)[C@@H](C)S(=O)(=O)NC(=O)c2ccc3c(c2)N(C[C@@H]2CC[C@H]21)C[C@@]1(CCCc2cc(Cl)ccc21)CO3. The highest BCUT2D eigenvalue weighted by Crippen LogP contribution is 2.52. The van der Waals surface area contributed by atoms with Crippen molar-refractivity contribution in [1.82, 2.24) is 4.72 Å². The molecule has 49 heavy (non-hydrogen) atoms. The average molecular weight is 721 g/mol. The number of carbonyl (C=O) groups excluding carboxylic acids is 2. The Bertz CT molecular complexity index is 1770. The number of nitrogens with one attached hydrogen (secondary N) is 1. The van der Waals surface area contributed by atoms with E-state index in [9.17, 15) is 23.1 Å². The first kappa shape index (κ1) is 35.6. The quantitative estimate of drug-likeness (QED) is 0.301. The van der Waals surface area contributed by atoms with Gasteiger partial charge in [0.1, 0.15) is 5.75 Å². The minimum atomic E-state index is -4.28. The van der Waals surface area contributed by atoms with Gasteiger partial charge < -0.3 is 19.5 Å². The van der Waals surface area contributed by atoms with Gasteiger partial charge in [0.15, 0.2) is 5.60 Å². The van der Waals surface area contributed by atoms with E-state index in [1.54, 1.807) is 19.1 Å². The zero-order chi connectivity index (χ0) is 35.4. The van der Waals surface area contributed by atoms with Crippen molar-refractivity contribution in [2.24, 2.45) is 17.8 Å². The average Bonchev–Trinajstić information content (AvgIpc) is 3.18. The molecule has 1 amide bonds. The van der Waals surface area contributed by atoms with Crippen molar-refractivity contribution in [2.75, 3.05) is 31.2 Å². The fraction of sp³-hybridized carbons (Fsp3) is 0.556. The van der Waals surface area contributed by atoms with E-state index in [4.69, 9.17) is 21.1 Å². The summed E-state index contributed by atoms with van der Waals surface area (Å²) in [6.07, 6.45) is 5.48. The van der Waals surface area contributed by atoms with Crippen LogP contribution >= 0.6 is 11.6 Å². The monoisotopic (exact) mass is 720 g/mol. The lowest BCUT2D eigenvalue weighted by Gasteiger charge is -2.50. The predicted molar refractivity (Wildman–Crippen MR) is 182 cm³/mol. The molecule has 6 atom stereocenters. The number of rotatable bonds is 3. The molecular formula is C36H43ClF2N2O7S. The van der Waals surface area contributed by atoms with Gasteiger partial charge in [-0.25, -0.2) is 17.9 Å². The lowest BCUT2D eigenvalue weighted by Crippen LogP contribution is -2.62. The first-order chi connectivity index (χ1) is 23.1. The molecule has 0 saturated heterocycles. The predicted octanol–water partition coefficient (Wildman–Crippen LogP) is 5.81. The van der Waals surface area contributed by atoms with Gasteiger partial charge in [-0.05, 0) is 106 Å². The molecular weight excluding hydrogens is 678 g/mol. The molecule has 6 rings (SSSR count). The summed E-state index contributed by atoms with van der Waals surface area (Å²) in [4.78, 5) is 28.2. The number of fused-ring (bicyclic) bond motifs is 4. The number of nitrogens with zero attached hydrogens (tertiary/aromatic N) is 1. The summed E-state index contributed by atoms with van der Waals surface area (Å²) in [6.45, 7) is 5.09. The van der Waals surface area contributed by atoms with Gasteiger partial charge in [0.2, 0.25) is 10.0 Å². The molecule has 1 spiro atoms. The summed E-state index contributed by atoms with van der Waals surface area (Å²) in [5.74, 6) is -8.56. The van der Waals surface area contributed by atoms with Gasteiger partial charge in [-0.15, -0.1) is 0 Å². The second-order valence-corrected chi connectivity index (χ2v) is 16.6. The normalized spacial score (nSPS) is 32.0. The Kier molecular flexibility index (Phi) is 9.56. The maximum absolute atomic E-state index is 16.1. The van der Waals surface area contributed by atoms with E-state index >= 15 is 8.78 Å². The summed E-state index contributed by atoms with van der Waals surface area (Å²) in [7, 11) is -4.20. The zero-order valence-corrected chi connectivity index (χ0v) is 29.5. The van der Waals surface area contributed by atoms with Crippen LogP contribution in [-0.2, 0) is 31.4 Å². The molecule has 2 bridgehead atoms. The van der Waals surface area contributed by atoms with Crippen LogP contribution in [0.5, 0.6) is 5.75 Å². The molecule has 13 heteroatoms. The third-order valence-corrected chi connectivity index (χ3v) is 13.3. The van der Waals surface area contributed by atoms with Crippen molar-refractivity contribution in [3.63, 3.8) is 0 Å². The number of hydrogen-bond acceptors (Lipinski definition) is 8. The highest BCUT2D eigenvalue weighted by atomic mass is 35.5. The van der Waals surface area contributed by atoms with Crippen molar-refractivity contribution in [3.8, 4) is 5.75 Å². The van der Waals surface area contributed by atoms with Crippen molar-refractivity contribution in [2.45, 2.75) is 81.5 Å². The van der Waals surface area contributed by atoms with Gasteiger partial charge in [0, 0.05) is 35.0 Å². The van der Waals surface area contributed by atoms with Crippen molar-refractivity contribution in [3.05, 3.63) is 70.3 Å². The second-order valence-electron chi connectivity index (χ2n) is 14.1. The summed E-state index contributed by atoms with van der Waals surface area (Å²) < 4.78 is 72.2. The van der Waals surface area contributed by atoms with Gasteiger partial charge >= 0.3 is 11.9 Å². The van der Waals surface area contributed by atoms with E-state index in [2.05, 4.69) is 4.72 Å². The fourth-order valence-corrected chi connectivity index (χ4v) is 9.47. The number of alkyl halides is 2. The van der Waals surface area contributed by atoms with Crippen molar-refractivity contribution < 1.29 is 41.4 Å². The van der Waals surface area contributed by atoms with Crippen LogP contribution in [0.1, 0.15) is 74.4 Å². The molecule has 0 unspecified atom stereocenters. The number of esters is 1. The fourth-order valence-electron chi connectivity index (χ4n) is 7.99. The lowest BCUT2D eigenvalue weighted by atomic mass is 9.62. The number of ether oxygens (including phenoxy) is 2. The van der Waals surface area contributed by atoms with E-state index in [1.165, 1.54) is 26.0 Å². The molecule has 0 aromatic heterocycles. The number of carbonyl (C=O) groups is 2. The number of benzene rings is 2. The van der Waals surface area contributed by atoms with Gasteiger partial charge in [-0.2, -0.15) is 8.78 Å². The van der Waals surface area contributed by atoms with E-state index in [0.29, 0.717) is 36.0 Å². The van der Waals surface area contributed by atoms with Gasteiger partial charge in [-0.1, -0.05) is 36.7 Å². The van der Waals surface area contributed by atoms with Crippen LogP contribution in [-0.4, -0.2) is 68.5 Å². The summed E-state index contributed by atoms with van der Waals surface area (Å²) in [5, 5.41) is 11.5. The largest absolute Gasteiger partial charge is 0.490 e. The van der Waals surface area contributed by atoms with Crippen LogP contribution in [0, 0.1) is 17.8 Å². The highest BCUT2D eigenvalue weighted by Gasteiger charge is 2.65. The number of hydrogen-bond donors (Lipinski definition) is 2. The van der Waals surface area contributed by atoms with Crippen molar-refractivity contribution >= 4 is 39.2 Å². The molecule has 2 heterocycles. The number of allylic oxidation sites excluding steroid dienone is 1. The lowest BCUT2D eigenvalue weighted by molar-refractivity contribution is -0.225. The van der Waals surface area contributed by atoms with Crippen LogP contribution in [0.15, 0.2) is 48.6 Å². The number of anilines is 1. The molecule has 266 valence electrons. The third kappa shape index (κ3) is 6.33. The van der Waals surface area contributed by atoms with Crippen LogP contribution in [0.4, 0.5) is 14.5 Å². The number of amides is 1. The zero-order valence-electron chi connectivity index (χ0n) is 27.9. The van der Waals surface area contributed by atoms with E-state index in [0.717, 1.165) is 36.5 Å². The molecule has 2 aliphatic heterocycles. The number of sulfonamides is 1. The minimum absolute atomic E-state index is 0.0108. The Hall–Kier alpha value is -3.22. The summed E-state index contributed by atoms with van der Waals surface area (Å²) >= 11 is 6.38. The van der Waals surface area contributed by atoms with Crippen LogP contribution in [0.3, 0.4) is 0 Å². The number of halogens is 3. The van der Waals surface area contributed by atoms with Gasteiger partial charge in [0.05, 0.1) is 24.2 Å². The first-order valence-corrected chi connectivity index (χ1v) is 18.9. The van der Waals surface area contributed by atoms with E-state index < -0.39 is 61.8 Å². The highest BCUT2D eigenvalue weighted by molar-refractivity contribution is 7.90. The molecule has 2 aromatic carbocycles. The molecule has 2 aliphatic carbocycles. The number of aliphatic hydroxyl groups is 1. The molecule has 1 fully saturated rings. The van der Waals surface area contributed by atoms with Crippen LogP contribution in [0.25, 0.3) is 0 Å². The Labute approximate surface area is 291 Å². The molecule has 0 radical (unpaired) electrons. The topological polar surface area (TPSA) is 122 Å². The third-order valence-electron chi connectivity index (χ3n) is 11.2. The first-order valence-electron chi connectivity index (χ1n) is 16.9. The Balaban J connectivity index is 1.48. The Morgan fingerprint density at radius 3 is 2.69 bits per heavy atom. The summed E-state index contributed by atoms with van der Waals surface area (Å²) in [6, 6.07) is 10.5. The van der Waals surface area contributed by atoms with E-state index in [-0.39, 0.29) is 31.6 Å². The standard InChI is InChI=1S/C36H43ClF2N2O7S/c1-4-47-33(43)36(38,39)35(44)16-5-7-22(2)23(3)49(45,46)40-32(42)25-10-14-31-30(18-25)41(19-26-9-12-29(26)35)20-34(21-48-31)15-6-8-24-17-27(37)11-13-28(24)34/h5,10-11,13-14,16-18,22-23,26,29,44H,4,6-9,12,15,19-21H2,1-3H3,(H,40,42)/b16-5-/t22-,23+,26-,29+,34-,35-/m0/s1. The maximum Gasteiger partial charge on any atom is 0.380 e. The minimum Gasteiger partial charge on any atom is -0.490 e. The maximum atomic E-state index is 16.1. The summed E-state index contributed by atoms with van der Waals surface area (Å²) in [5.41, 5.74) is -0.614. The Morgan fingerprint density at radius 2 is 1.98 bits per heavy atom. The number of aryl methyl sites for hydroxylation is 1. The van der Waals surface area contributed by atoms with Gasteiger partial charge in [-0.3, -0.25) is 4.79 Å². The second kappa shape index (κ2) is 13.2. The molecule has 1 saturated carbocycles. The van der Waals surface area contributed by atoms with Crippen LogP contribution in [0.2, 0.25) is 5.02 Å². The van der Waals surface area contributed by atoms with Crippen molar-refractivity contribution in [1.29, 1.82) is 0 Å². The molecule has 4 aliphatic rings. The molecule has 2 aromatic rings. The van der Waals surface area contributed by atoms with Crippen LogP contribution < -0.4 is 14.4 Å².